The number of nitriles is 1. The van der Waals surface area contributed by atoms with Crippen molar-refractivity contribution in [1.82, 2.24) is 0 Å². The van der Waals surface area contributed by atoms with Gasteiger partial charge in [-0.1, -0.05) is 48.5 Å². The van der Waals surface area contributed by atoms with Crippen molar-refractivity contribution < 1.29 is 0 Å². The number of para-hydroxylation sites is 1. The van der Waals surface area contributed by atoms with Gasteiger partial charge in [-0.05, 0) is 17.7 Å². The van der Waals surface area contributed by atoms with Gasteiger partial charge in [-0.25, -0.2) is 0 Å². The van der Waals surface area contributed by atoms with Crippen LogP contribution in [-0.4, -0.2) is 6.54 Å². The summed E-state index contributed by atoms with van der Waals surface area (Å²) in [5, 5.41) is 9.21. The van der Waals surface area contributed by atoms with E-state index >= 15 is 0 Å². The van der Waals surface area contributed by atoms with Crippen molar-refractivity contribution in [2.24, 2.45) is 5.92 Å². The summed E-state index contributed by atoms with van der Waals surface area (Å²) in [5.74, 6) is 0.0904. The average molecular weight is 234 g/mol. The van der Waals surface area contributed by atoms with E-state index < -0.39 is 0 Å². The molecule has 18 heavy (non-hydrogen) atoms. The second-order valence-corrected chi connectivity index (χ2v) is 4.58. The molecule has 0 amide bonds. The van der Waals surface area contributed by atoms with Gasteiger partial charge in [0, 0.05) is 12.2 Å². The number of anilines is 1. The Morgan fingerprint density at radius 1 is 0.944 bits per heavy atom. The predicted molar refractivity (Wildman–Crippen MR) is 72.1 cm³/mol. The summed E-state index contributed by atoms with van der Waals surface area (Å²) >= 11 is 0. The summed E-state index contributed by atoms with van der Waals surface area (Å²) < 4.78 is 0. The van der Waals surface area contributed by atoms with E-state index in [1.165, 1.54) is 11.3 Å². The number of hydrogen-bond donors (Lipinski definition) is 0. The van der Waals surface area contributed by atoms with Crippen LogP contribution in [0.15, 0.2) is 60.7 Å². The first-order valence-electron chi connectivity index (χ1n) is 6.16. The zero-order chi connectivity index (χ0) is 12.4. The number of hydrogen-bond acceptors (Lipinski definition) is 2. The molecule has 2 aromatic carbocycles. The molecule has 0 aliphatic carbocycles. The van der Waals surface area contributed by atoms with E-state index in [2.05, 4.69) is 35.2 Å². The molecule has 0 N–H and O–H groups in total. The van der Waals surface area contributed by atoms with E-state index in [1.54, 1.807) is 0 Å². The molecule has 2 heteroatoms. The smallest absolute Gasteiger partial charge is 0.0883 e. The van der Waals surface area contributed by atoms with Crippen molar-refractivity contribution in [2.75, 3.05) is 11.4 Å². The summed E-state index contributed by atoms with van der Waals surface area (Å²) in [5.41, 5.74) is 2.41. The van der Waals surface area contributed by atoms with Gasteiger partial charge in [0.25, 0.3) is 0 Å². The highest BCUT2D eigenvalue weighted by Crippen LogP contribution is 2.41. The van der Waals surface area contributed by atoms with Crippen LogP contribution in [0.4, 0.5) is 5.69 Å². The Hall–Kier alpha value is -2.27. The van der Waals surface area contributed by atoms with Crippen LogP contribution in [0.25, 0.3) is 0 Å². The molecule has 1 aliphatic rings. The van der Waals surface area contributed by atoms with Gasteiger partial charge in [0.15, 0.2) is 0 Å². The highest BCUT2D eigenvalue weighted by atomic mass is 15.2. The van der Waals surface area contributed by atoms with Crippen LogP contribution in [0.5, 0.6) is 0 Å². The van der Waals surface area contributed by atoms with Crippen LogP contribution < -0.4 is 4.90 Å². The monoisotopic (exact) mass is 234 g/mol. The Morgan fingerprint density at radius 2 is 1.56 bits per heavy atom. The molecule has 3 rings (SSSR count). The van der Waals surface area contributed by atoms with Crippen LogP contribution in [-0.2, 0) is 0 Å². The minimum absolute atomic E-state index is 0.0904. The van der Waals surface area contributed by atoms with Gasteiger partial charge in [-0.3, -0.25) is 0 Å². The lowest BCUT2D eigenvalue weighted by Crippen LogP contribution is -2.49. The Bertz CT molecular complexity index is 557. The lowest BCUT2D eigenvalue weighted by molar-refractivity contribution is 0.371. The highest BCUT2D eigenvalue weighted by molar-refractivity contribution is 5.53. The van der Waals surface area contributed by atoms with E-state index in [4.69, 9.17) is 0 Å². The van der Waals surface area contributed by atoms with Crippen LogP contribution in [0.1, 0.15) is 11.6 Å². The van der Waals surface area contributed by atoms with E-state index in [0.717, 1.165) is 6.54 Å². The third-order valence-electron chi connectivity index (χ3n) is 3.51. The summed E-state index contributed by atoms with van der Waals surface area (Å²) in [6, 6.07) is 23.2. The van der Waals surface area contributed by atoms with Crippen molar-refractivity contribution in [2.45, 2.75) is 6.04 Å². The highest BCUT2D eigenvalue weighted by Gasteiger charge is 2.39. The molecule has 2 aromatic rings. The fourth-order valence-electron chi connectivity index (χ4n) is 2.56. The molecule has 0 spiro atoms. The van der Waals surface area contributed by atoms with Gasteiger partial charge >= 0.3 is 0 Å². The molecule has 88 valence electrons. The predicted octanol–water partition coefficient (Wildman–Crippen LogP) is 3.39. The van der Waals surface area contributed by atoms with Crippen molar-refractivity contribution >= 4 is 5.69 Å². The second kappa shape index (κ2) is 4.54. The summed E-state index contributed by atoms with van der Waals surface area (Å²) in [4.78, 5) is 2.29. The Morgan fingerprint density at radius 3 is 2.17 bits per heavy atom. The van der Waals surface area contributed by atoms with E-state index in [-0.39, 0.29) is 12.0 Å². The lowest BCUT2D eigenvalue weighted by Gasteiger charge is -2.47. The summed E-state index contributed by atoms with van der Waals surface area (Å²) in [6.07, 6.45) is 0. The number of rotatable bonds is 2. The molecule has 1 fully saturated rings. The first-order valence-corrected chi connectivity index (χ1v) is 6.16. The molecular weight excluding hydrogens is 220 g/mol. The number of nitrogens with zero attached hydrogens (tertiary/aromatic N) is 2. The van der Waals surface area contributed by atoms with E-state index in [1.807, 2.05) is 36.4 Å². The molecule has 2 nitrogen and oxygen atoms in total. The standard InChI is InChI=1S/C16H14N2/c17-11-14-12-18(15-9-5-2-6-10-15)16(14)13-7-3-1-4-8-13/h1-10,14,16H,12H2/t14-,16+/m1/s1. The van der Waals surface area contributed by atoms with Gasteiger partial charge in [-0.2, -0.15) is 5.26 Å². The van der Waals surface area contributed by atoms with Gasteiger partial charge < -0.3 is 4.90 Å². The van der Waals surface area contributed by atoms with Gasteiger partial charge in [0.05, 0.1) is 18.0 Å². The van der Waals surface area contributed by atoms with Crippen LogP contribution in [0, 0.1) is 17.2 Å². The number of benzene rings is 2. The Balaban J connectivity index is 1.92. The fraction of sp³-hybridized carbons (Fsp3) is 0.188. The molecule has 0 bridgehead atoms. The molecule has 0 aromatic heterocycles. The maximum atomic E-state index is 9.21. The summed E-state index contributed by atoms with van der Waals surface area (Å²) in [6.45, 7) is 0.820. The van der Waals surface area contributed by atoms with Crippen molar-refractivity contribution in [1.29, 1.82) is 5.26 Å². The quantitative estimate of drug-likeness (QED) is 0.796. The Kier molecular flexibility index (Phi) is 2.74. The summed E-state index contributed by atoms with van der Waals surface area (Å²) in [7, 11) is 0. The maximum Gasteiger partial charge on any atom is 0.0883 e. The lowest BCUT2D eigenvalue weighted by atomic mass is 9.84. The van der Waals surface area contributed by atoms with Crippen molar-refractivity contribution in [3.05, 3.63) is 66.2 Å². The van der Waals surface area contributed by atoms with Crippen LogP contribution in [0.3, 0.4) is 0 Å². The van der Waals surface area contributed by atoms with Gasteiger partial charge in [0.1, 0.15) is 0 Å². The minimum atomic E-state index is 0.0904. The normalized spacial score (nSPS) is 22.1. The van der Waals surface area contributed by atoms with E-state index in [9.17, 15) is 5.26 Å². The fourth-order valence-corrected chi connectivity index (χ4v) is 2.56. The van der Waals surface area contributed by atoms with Crippen LogP contribution in [0.2, 0.25) is 0 Å². The SMILES string of the molecule is N#C[C@@H]1CN(c2ccccc2)[C@H]1c1ccccc1. The molecule has 2 atom stereocenters. The molecule has 0 saturated carbocycles. The molecule has 0 radical (unpaired) electrons. The molecule has 1 aliphatic heterocycles. The molecule has 1 saturated heterocycles. The van der Waals surface area contributed by atoms with Crippen molar-refractivity contribution in [3.8, 4) is 6.07 Å². The molecular formula is C16H14N2. The third-order valence-corrected chi connectivity index (χ3v) is 3.51. The zero-order valence-electron chi connectivity index (χ0n) is 10.0. The largest absolute Gasteiger partial charge is 0.362 e. The van der Waals surface area contributed by atoms with E-state index in [0.29, 0.717) is 0 Å². The van der Waals surface area contributed by atoms with Crippen LogP contribution >= 0.6 is 0 Å². The Labute approximate surface area is 107 Å². The topological polar surface area (TPSA) is 27.0 Å². The minimum Gasteiger partial charge on any atom is -0.362 e. The third kappa shape index (κ3) is 1.74. The van der Waals surface area contributed by atoms with Crippen molar-refractivity contribution in [3.63, 3.8) is 0 Å². The first kappa shape index (κ1) is 10.9. The average Bonchev–Trinajstić information content (AvgIpc) is 2.41. The zero-order valence-corrected chi connectivity index (χ0v) is 10.0. The molecule has 0 unspecified atom stereocenters. The maximum absolute atomic E-state index is 9.21. The molecule has 1 heterocycles. The van der Waals surface area contributed by atoms with Gasteiger partial charge in [-0.15, -0.1) is 0 Å². The van der Waals surface area contributed by atoms with Gasteiger partial charge in [0.2, 0.25) is 0 Å². The first-order chi connectivity index (χ1) is 8.90. The second-order valence-electron chi connectivity index (χ2n) is 4.58.